The molecule has 1 aromatic carbocycles. The van der Waals surface area contributed by atoms with Gasteiger partial charge in [0, 0.05) is 17.9 Å². The monoisotopic (exact) mass is 270 g/mol. The standard InChI is InChI=1S/C17H22N2O/c20-17(12-7-9-18-10-8-12)19-16-14-6-5-11-3-1-2-4-13(11)15(14)16/h1-4,12,14-16,18H,5-10H2,(H,19,20). The van der Waals surface area contributed by atoms with E-state index in [1.54, 1.807) is 0 Å². The van der Waals surface area contributed by atoms with Crippen LogP contribution in [0.4, 0.5) is 0 Å². The maximum atomic E-state index is 12.4. The molecule has 1 heterocycles. The van der Waals surface area contributed by atoms with Crippen molar-refractivity contribution >= 4 is 5.91 Å². The molecule has 0 bridgehead atoms. The van der Waals surface area contributed by atoms with Crippen LogP contribution in [-0.2, 0) is 11.2 Å². The van der Waals surface area contributed by atoms with Crippen LogP contribution < -0.4 is 10.6 Å². The lowest BCUT2D eigenvalue weighted by atomic mass is 9.92. The van der Waals surface area contributed by atoms with E-state index in [0.29, 0.717) is 23.8 Å². The average molecular weight is 270 g/mol. The summed E-state index contributed by atoms with van der Waals surface area (Å²) in [5, 5.41) is 6.66. The number of hydrogen-bond donors (Lipinski definition) is 2. The molecular weight excluding hydrogens is 248 g/mol. The average Bonchev–Trinajstić information content (AvgIpc) is 3.22. The lowest BCUT2D eigenvalue weighted by Crippen LogP contribution is -2.39. The van der Waals surface area contributed by atoms with Gasteiger partial charge >= 0.3 is 0 Å². The minimum atomic E-state index is 0.231. The predicted molar refractivity (Wildman–Crippen MR) is 78.5 cm³/mol. The van der Waals surface area contributed by atoms with Gasteiger partial charge in [-0.25, -0.2) is 0 Å². The number of aryl methyl sites for hydroxylation is 1. The van der Waals surface area contributed by atoms with Crippen molar-refractivity contribution in [1.82, 2.24) is 10.6 Å². The molecule has 2 fully saturated rings. The fourth-order valence-corrected chi connectivity index (χ4v) is 4.13. The van der Waals surface area contributed by atoms with Crippen molar-refractivity contribution in [3.05, 3.63) is 35.4 Å². The largest absolute Gasteiger partial charge is 0.352 e. The van der Waals surface area contributed by atoms with Crippen molar-refractivity contribution in [2.45, 2.75) is 37.6 Å². The molecule has 3 nitrogen and oxygen atoms in total. The molecule has 0 spiro atoms. The highest BCUT2D eigenvalue weighted by Gasteiger charge is 2.54. The second-order valence-corrected chi connectivity index (χ2v) is 6.49. The van der Waals surface area contributed by atoms with E-state index in [-0.39, 0.29) is 5.92 Å². The Labute approximate surface area is 120 Å². The van der Waals surface area contributed by atoms with Crippen molar-refractivity contribution in [3.8, 4) is 0 Å². The number of piperidine rings is 1. The van der Waals surface area contributed by atoms with Crippen LogP contribution in [0.15, 0.2) is 24.3 Å². The third-order valence-corrected chi connectivity index (χ3v) is 5.35. The molecule has 1 saturated carbocycles. The summed E-state index contributed by atoms with van der Waals surface area (Å²) < 4.78 is 0. The lowest BCUT2D eigenvalue weighted by Gasteiger charge is -2.21. The Morgan fingerprint density at radius 1 is 1.15 bits per heavy atom. The van der Waals surface area contributed by atoms with E-state index in [0.717, 1.165) is 25.9 Å². The Morgan fingerprint density at radius 3 is 2.80 bits per heavy atom. The Bertz CT molecular complexity index is 521. The molecule has 0 aromatic heterocycles. The number of amides is 1. The second-order valence-electron chi connectivity index (χ2n) is 6.49. The highest BCUT2D eigenvalue weighted by atomic mass is 16.2. The van der Waals surface area contributed by atoms with Crippen molar-refractivity contribution in [1.29, 1.82) is 0 Å². The molecular formula is C17H22N2O. The Kier molecular flexibility index (Phi) is 3.03. The van der Waals surface area contributed by atoms with E-state index >= 15 is 0 Å². The molecule has 3 unspecified atom stereocenters. The van der Waals surface area contributed by atoms with E-state index in [1.807, 2.05) is 0 Å². The van der Waals surface area contributed by atoms with E-state index in [4.69, 9.17) is 0 Å². The van der Waals surface area contributed by atoms with Crippen molar-refractivity contribution in [2.75, 3.05) is 13.1 Å². The minimum absolute atomic E-state index is 0.231. The summed E-state index contributed by atoms with van der Waals surface area (Å²) in [7, 11) is 0. The van der Waals surface area contributed by atoms with Crippen molar-refractivity contribution < 1.29 is 4.79 Å². The molecule has 1 saturated heterocycles. The van der Waals surface area contributed by atoms with Crippen LogP contribution >= 0.6 is 0 Å². The molecule has 1 aromatic rings. The van der Waals surface area contributed by atoms with Crippen LogP contribution in [0.1, 0.15) is 36.3 Å². The van der Waals surface area contributed by atoms with Crippen molar-refractivity contribution in [2.24, 2.45) is 11.8 Å². The molecule has 106 valence electrons. The van der Waals surface area contributed by atoms with Gasteiger partial charge in [0.05, 0.1) is 0 Å². The van der Waals surface area contributed by atoms with Crippen LogP contribution in [0.3, 0.4) is 0 Å². The molecule has 3 atom stereocenters. The fraction of sp³-hybridized carbons (Fsp3) is 0.588. The fourth-order valence-electron chi connectivity index (χ4n) is 4.13. The Balaban J connectivity index is 1.44. The van der Waals surface area contributed by atoms with E-state index in [2.05, 4.69) is 34.9 Å². The molecule has 2 N–H and O–H groups in total. The van der Waals surface area contributed by atoms with Gasteiger partial charge in [-0.15, -0.1) is 0 Å². The first kappa shape index (κ1) is 12.4. The van der Waals surface area contributed by atoms with Gasteiger partial charge in [-0.2, -0.15) is 0 Å². The van der Waals surface area contributed by atoms with Gasteiger partial charge in [-0.05, 0) is 55.8 Å². The van der Waals surface area contributed by atoms with E-state index in [1.165, 1.54) is 24.0 Å². The lowest BCUT2D eigenvalue weighted by molar-refractivity contribution is -0.126. The smallest absolute Gasteiger partial charge is 0.223 e. The summed E-state index contributed by atoms with van der Waals surface area (Å²) in [4.78, 5) is 12.4. The number of hydrogen-bond acceptors (Lipinski definition) is 2. The van der Waals surface area contributed by atoms with Gasteiger partial charge in [-0.3, -0.25) is 4.79 Å². The summed E-state index contributed by atoms with van der Waals surface area (Å²) in [6, 6.07) is 9.16. The molecule has 1 amide bonds. The number of carbonyl (C=O) groups is 1. The highest BCUT2D eigenvalue weighted by molar-refractivity contribution is 5.79. The first-order valence-electron chi connectivity index (χ1n) is 7.93. The van der Waals surface area contributed by atoms with Crippen LogP contribution in [0.25, 0.3) is 0 Å². The summed E-state index contributed by atoms with van der Waals surface area (Å²) in [5.41, 5.74) is 2.98. The molecule has 4 rings (SSSR count). The van der Waals surface area contributed by atoms with E-state index < -0.39 is 0 Å². The first-order valence-corrected chi connectivity index (χ1v) is 7.93. The van der Waals surface area contributed by atoms with Gasteiger partial charge in [0.15, 0.2) is 0 Å². The quantitative estimate of drug-likeness (QED) is 0.861. The normalized spacial score (nSPS) is 32.1. The summed E-state index contributed by atoms with van der Waals surface area (Å²) in [5.74, 6) is 1.80. The number of fused-ring (bicyclic) bond motifs is 3. The Morgan fingerprint density at radius 2 is 1.95 bits per heavy atom. The maximum absolute atomic E-state index is 12.4. The summed E-state index contributed by atoms with van der Waals surface area (Å²) in [6.45, 7) is 1.97. The van der Waals surface area contributed by atoms with Gasteiger partial charge in [0.25, 0.3) is 0 Å². The summed E-state index contributed by atoms with van der Waals surface area (Å²) >= 11 is 0. The van der Waals surface area contributed by atoms with Gasteiger partial charge in [0.2, 0.25) is 5.91 Å². The molecule has 3 aliphatic rings. The van der Waals surface area contributed by atoms with Gasteiger partial charge in [-0.1, -0.05) is 24.3 Å². The number of benzene rings is 1. The maximum Gasteiger partial charge on any atom is 0.223 e. The Hall–Kier alpha value is -1.35. The third-order valence-electron chi connectivity index (χ3n) is 5.35. The predicted octanol–water partition coefficient (Wildman–Crippen LogP) is 1.83. The van der Waals surface area contributed by atoms with Crippen LogP contribution in [0.2, 0.25) is 0 Å². The third kappa shape index (κ3) is 2.05. The second kappa shape index (κ2) is 4.88. The molecule has 0 radical (unpaired) electrons. The number of rotatable bonds is 2. The molecule has 3 heteroatoms. The van der Waals surface area contributed by atoms with Crippen LogP contribution in [0, 0.1) is 11.8 Å². The molecule has 20 heavy (non-hydrogen) atoms. The summed E-state index contributed by atoms with van der Waals surface area (Å²) in [6.07, 6.45) is 4.39. The van der Waals surface area contributed by atoms with Gasteiger partial charge in [0.1, 0.15) is 0 Å². The zero-order chi connectivity index (χ0) is 13.5. The first-order chi connectivity index (χ1) is 9.84. The van der Waals surface area contributed by atoms with E-state index in [9.17, 15) is 4.79 Å². The van der Waals surface area contributed by atoms with Crippen LogP contribution in [-0.4, -0.2) is 25.0 Å². The van der Waals surface area contributed by atoms with Gasteiger partial charge < -0.3 is 10.6 Å². The highest BCUT2D eigenvalue weighted by Crippen LogP contribution is 2.54. The SMILES string of the molecule is O=C(NC1C2CCc3ccccc3C21)C1CCNCC1. The number of nitrogens with one attached hydrogen (secondary N) is 2. The minimum Gasteiger partial charge on any atom is -0.352 e. The topological polar surface area (TPSA) is 41.1 Å². The molecule has 1 aliphatic heterocycles. The van der Waals surface area contributed by atoms with Crippen molar-refractivity contribution in [3.63, 3.8) is 0 Å². The van der Waals surface area contributed by atoms with Crippen LogP contribution in [0.5, 0.6) is 0 Å². The zero-order valence-electron chi connectivity index (χ0n) is 11.8. The molecule has 2 aliphatic carbocycles. The number of carbonyl (C=O) groups excluding carboxylic acids is 1. The zero-order valence-corrected chi connectivity index (χ0v) is 11.8.